The third-order valence-corrected chi connectivity index (χ3v) is 12.2. The molecule has 0 spiro atoms. The normalized spacial score (nSPS) is 12.9. The van der Waals surface area contributed by atoms with E-state index in [1.54, 1.807) is 6.08 Å². The average Bonchev–Trinajstić information content (AvgIpc) is 3.26. The van der Waals surface area contributed by atoms with E-state index in [0.29, 0.717) is 19.4 Å². The molecule has 358 valence electrons. The van der Waals surface area contributed by atoms with E-state index in [4.69, 9.17) is 4.74 Å². The summed E-state index contributed by atoms with van der Waals surface area (Å²) in [7, 11) is 0. The first-order valence-electron chi connectivity index (χ1n) is 26.8. The maximum absolute atomic E-state index is 12.4. The fraction of sp³-hybridized carbons (Fsp3) is 0.855. The lowest BCUT2D eigenvalue weighted by molar-refractivity contribution is -0.143. The summed E-state index contributed by atoms with van der Waals surface area (Å²) >= 11 is 0. The minimum Gasteiger partial charge on any atom is -0.465 e. The summed E-state index contributed by atoms with van der Waals surface area (Å²) in [6, 6.07) is -0.630. The van der Waals surface area contributed by atoms with Gasteiger partial charge in [0.2, 0.25) is 5.91 Å². The van der Waals surface area contributed by atoms with E-state index < -0.39 is 12.1 Å². The highest BCUT2D eigenvalue weighted by molar-refractivity contribution is 5.76. The van der Waals surface area contributed by atoms with E-state index >= 15 is 0 Å². The number of carbonyl (C=O) groups is 2. The van der Waals surface area contributed by atoms with E-state index in [1.165, 1.54) is 199 Å². The number of nitrogens with one attached hydrogen (secondary N) is 1. The molecule has 0 aliphatic heterocycles. The summed E-state index contributed by atoms with van der Waals surface area (Å²) in [5, 5.41) is 23.0. The smallest absolute Gasteiger partial charge is 0.305 e. The minimum atomic E-state index is -0.846. The Balaban J connectivity index is 3.48. The molecule has 6 heteroatoms. The van der Waals surface area contributed by atoms with Gasteiger partial charge in [-0.25, -0.2) is 0 Å². The van der Waals surface area contributed by atoms with Crippen LogP contribution < -0.4 is 5.32 Å². The molecule has 0 saturated heterocycles. The lowest BCUT2D eigenvalue weighted by Gasteiger charge is -2.20. The van der Waals surface area contributed by atoms with E-state index in [1.807, 2.05) is 6.08 Å². The molecule has 0 aromatic heterocycles. The molecule has 0 heterocycles. The fourth-order valence-corrected chi connectivity index (χ4v) is 8.06. The van der Waals surface area contributed by atoms with Gasteiger partial charge >= 0.3 is 5.97 Å². The zero-order chi connectivity index (χ0) is 44.4. The molecule has 6 nitrogen and oxygen atoms in total. The molecule has 0 radical (unpaired) electrons. The molecule has 2 atom stereocenters. The van der Waals surface area contributed by atoms with Crippen LogP contribution in [0, 0.1) is 0 Å². The molecule has 0 aromatic carbocycles. The van der Waals surface area contributed by atoms with Crippen molar-refractivity contribution in [1.82, 2.24) is 5.32 Å². The third-order valence-electron chi connectivity index (χ3n) is 12.2. The minimum absolute atomic E-state index is 0.0367. The number of aliphatic hydroxyl groups is 2. The number of rotatable bonds is 49. The number of hydrogen-bond acceptors (Lipinski definition) is 5. The maximum atomic E-state index is 12.4. The zero-order valence-electron chi connectivity index (χ0n) is 40.6. The fourth-order valence-electron chi connectivity index (χ4n) is 8.06. The summed E-state index contributed by atoms with van der Waals surface area (Å²) in [6.07, 6.45) is 61.7. The second-order valence-corrected chi connectivity index (χ2v) is 18.2. The number of amides is 1. The van der Waals surface area contributed by atoms with Crippen LogP contribution in [0.2, 0.25) is 0 Å². The highest BCUT2D eigenvalue weighted by Gasteiger charge is 2.18. The van der Waals surface area contributed by atoms with Gasteiger partial charge in [0.1, 0.15) is 0 Å². The molecule has 0 bridgehead atoms. The number of aliphatic hydroxyl groups excluding tert-OH is 2. The molecule has 0 fully saturated rings. The van der Waals surface area contributed by atoms with Gasteiger partial charge in [0, 0.05) is 12.8 Å². The molecular formula is C55H103NO5. The van der Waals surface area contributed by atoms with Gasteiger partial charge in [-0.2, -0.15) is 0 Å². The van der Waals surface area contributed by atoms with Gasteiger partial charge in [-0.1, -0.05) is 249 Å². The number of hydrogen-bond donors (Lipinski definition) is 3. The third kappa shape index (κ3) is 47.4. The van der Waals surface area contributed by atoms with Crippen molar-refractivity contribution in [3.63, 3.8) is 0 Å². The molecule has 61 heavy (non-hydrogen) atoms. The second kappa shape index (κ2) is 50.7. The summed E-state index contributed by atoms with van der Waals surface area (Å²) < 4.78 is 5.39. The van der Waals surface area contributed by atoms with E-state index in [-0.39, 0.29) is 18.5 Å². The Labute approximate surface area is 379 Å². The number of allylic oxidation sites excluding steroid dienone is 4. The zero-order valence-corrected chi connectivity index (χ0v) is 40.6. The molecule has 0 rings (SSSR count). The van der Waals surface area contributed by atoms with Crippen molar-refractivity contribution in [3.05, 3.63) is 36.5 Å². The predicted molar refractivity (Wildman–Crippen MR) is 264 cm³/mol. The molecule has 0 aliphatic carbocycles. The van der Waals surface area contributed by atoms with Crippen molar-refractivity contribution >= 4 is 11.9 Å². The summed E-state index contributed by atoms with van der Waals surface area (Å²) in [4.78, 5) is 24.4. The van der Waals surface area contributed by atoms with E-state index in [0.717, 1.165) is 51.4 Å². The lowest BCUT2D eigenvalue weighted by Crippen LogP contribution is -2.45. The lowest BCUT2D eigenvalue weighted by atomic mass is 10.0. The summed E-state index contributed by atoms with van der Waals surface area (Å²) in [5.41, 5.74) is 0. The van der Waals surface area contributed by atoms with Crippen molar-refractivity contribution in [3.8, 4) is 0 Å². The Kier molecular flexibility index (Phi) is 49.1. The maximum Gasteiger partial charge on any atom is 0.305 e. The van der Waals surface area contributed by atoms with Crippen LogP contribution in [0.5, 0.6) is 0 Å². The van der Waals surface area contributed by atoms with Crippen LogP contribution in [-0.2, 0) is 14.3 Å². The standard InChI is InChI=1S/C55H103NO5/c1-3-5-7-9-11-13-15-28-31-35-39-43-47-53(58)52(51-57)56-54(59)48-44-40-36-32-29-25-23-21-19-17-16-18-20-22-24-26-30-34-38-42-46-50-61-55(60)49-45-41-37-33-27-14-12-10-8-6-4-2/h26,30,38,42-43,47,52-53,57-58H,3-25,27-29,31-37,39-41,44-46,48-51H2,1-2H3,(H,56,59)/b30-26-,42-38-,47-43+. The van der Waals surface area contributed by atoms with Crippen molar-refractivity contribution in [1.29, 1.82) is 0 Å². The molecular weight excluding hydrogens is 755 g/mol. The summed E-state index contributed by atoms with van der Waals surface area (Å²) in [5.74, 6) is -0.111. The van der Waals surface area contributed by atoms with Crippen molar-refractivity contribution < 1.29 is 24.5 Å². The highest BCUT2D eigenvalue weighted by atomic mass is 16.5. The molecule has 0 aromatic rings. The van der Waals surface area contributed by atoms with E-state index in [9.17, 15) is 19.8 Å². The quantitative estimate of drug-likeness (QED) is 0.0322. The molecule has 3 N–H and O–H groups in total. The van der Waals surface area contributed by atoms with Gasteiger partial charge in [-0.15, -0.1) is 0 Å². The number of esters is 1. The Bertz CT molecular complexity index is 993. The molecule has 2 unspecified atom stereocenters. The van der Waals surface area contributed by atoms with Gasteiger partial charge < -0.3 is 20.3 Å². The van der Waals surface area contributed by atoms with Crippen LogP contribution >= 0.6 is 0 Å². The van der Waals surface area contributed by atoms with Crippen molar-refractivity contribution in [2.24, 2.45) is 0 Å². The van der Waals surface area contributed by atoms with Crippen LogP contribution in [-0.4, -0.2) is 47.4 Å². The first-order chi connectivity index (χ1) is 30.0. The topological polar surface area (TPSA) is 95.9 Å². The Hall–Kier alpha value is -1.92. The van der Waals surface area contributed by atoms with Crippen LogP contribution in [0.15, 0.2) is 36.5 Å². The number of ether oxygens (including phenoxy) is 1. The Morgan fingerprint density at radius 3 is 1.25 bits per heavy atom. The molecule has 0 saturated carbocycles. The predicted octanol–water partition coefficient (Wildman–Crippen LogP) is 16.1. The number of carbonyl (C=O) groups excluding carboxylic acids is 2. The van der Waals surface area contributed by atoms with Gasteiger partial charge in [0.15, 0.2) is 0 Å². The average molecular weight is 858 g/mol. The van der Waals surface area contributed by atoms with Gasteiger partial charge in [-0.3, -0.25) is 9.59 Å². The molecule has 0 aliphatic rings. The monoisotopic (exact) mass is 858 g/mol. The SMILES string of the molecule is CCCCCCCCCCCC/C=C/C(O)C(CO)NC(=O)CCCCCCCCCCCCCCCC/C=C\C/C=C\CCOC(=O)CCCCCCCCCCCCC. The number of unbranched alkanes of at least 4 members (excludes halogenated alkanes) is 34. The highest BCUT2D eigenvalue weighted by Crippen LogP contribution is 2.16. The van der Waals surface area contributed by atoms with Crippen LogP contribution in [0.4, 0.5) is 0 Å². The largest absolute Gasteiger partial charge is 0.465 e. The van der Waals surface area contributed by atoms with Crippen molar-refractivity contribution in [2.75, 3.05) is 13.2 Å². The van der Waals surface area contributed by atoms with Crippen molar-refractivity contribution in [2.45, 2.75) is 289 Å². The van der Waals surface area contributed by atoms with Crippen LogP contribution in [0.3, 0.4) is 0 Å². The summed E-state index contributed by atoms with van der Waals surface area (Å²) in [6.45, 7) is 4.78. The Morgan fingerprint density at radius 1 is 0.459 bits per heavy atom. The van der Waals surface area contributed by atoms with Crippen LogP contribution in [0.25, 0.3) is 0 Å². The Morgan fingerprint density at radius 2 is 0.820 bits per heavy atom. The van der Waals surface area contributed by atoms with E-state index in [2.05, 4.69) is 43.5 Å². The van der Waals surface area contributed by atoms with Gasteiger partial charge in [0.25, 0.3) is 0 Å². The first kappa shape index (κ1) is 59.1. The van der Waals surface area contributed by atoms with Gasteiger partial charge in [-0.05, 0) is 51.4 Å². The first-order valence-corrected chi connectivity index (χ1v) is 26.8. The van der Waals surface area contributed by atoms with Gasteiger partial charge in [0.05, 0.1) is 25.4 Å². The second-order valence-electron chi connectivity index (χ2n) is 18.2. The molecule has 1 amide bonds. The van der Waals surface area contributed by atoms with Crippen LogP contribution in [0.1, 0.15) is 277 Å².